The van der Waals surface area contributed by atoms with E-state index in [2.05, 4.69) is 4.98 Å². The Balaban J connectivity index is 1.37. The maximum atomic E-state index is 12.8. The van der Waals surface area contributed by atoms with Crippen molar-refractivity contribution < 1.29 is 19.1 Å². The normalized spacial score (nSPS) is 13.2. The number of carbonyl (C=O) groups excluding carboxylic acids is 2. The lowest BCUT2D eigenvalue weighted by Crippen LogP contribution is -2.35. The van der Waals surface area contributed by atoms with Gasteiger partial charge in [-0.2, -0.15) is 0 Å². The third-order valence-electron chi connectivity index (χ3n) is 5.68. The number of nitrogens with zero attached hydrogens (tertiary/aromatic N) is 1. The zero-order chi connectivity index (χ0) is 22.0. The number of hydrogen-bond donors (Lipinski definition) is 1. The minimum Gasteiger partial charge on any atom is -0.493 e. The quantitative estimate of drug-likeness (QED) is 0.447. The number of halogens is 1. The fourth-order valence-corrected chi connectivity index (χ4v) is 4.24. The minimum atomic E-state index is -0.364. The number of aryl methyl sites for hydroxylation is 1. The van der Waals surface area contributed by atoms with Crippen LogP contribution in [0.15, 0.2) is 36.4 Å². The van der Waals surface area contributed by atoms with Crippen LogP contribution in [0, 0.1) is 6.92 Å². The number of benzene rings is 2. The molecule has 2 heterocycles. The van der Waals surface area contributed by atoms with Gasteiger partial charge in [-0.15, -0.1) is 0 Å². The molecule has 0 saturated heterocycles. The van der Waals surface area contributed by atoms with Crippen LogP contribution in [0.4, 0.5) is 0 Å². The Hall–Kier alpha value is -2.99. The average molecular weight is 441 g/mol. The fourth-order valence-electron chi connectivity index (χ4n) is 4.01. The summed E-state index contributed by atoms with van der Waals surface area (Å²) in [6.45, 7) is 3.64. The number of hydrogen-bond acceptors (Lipinski definition) is 4. The Labute approximate surface area is 186 Å². The largest absolute Gasteiger partial charge is 0.493 e. The number of H-pyrrole nitrogens is 1. The lowest BCUT2D eigenvalue weighted by atomic mass is 10.0. The van der Waals surface area contributed by atoms with Crippen molar-refractivity contribution in [1.29, 1.82) is 0 Å². The second kappa shape index (κ2) is 9.02. The van der Waals surface area contributed by atoms with Crippen molar-refractivity contribution in [3.05, 3.63) is 63.8 Å². The molecule has 6 nitrogen and oxygen atoms in total. The molecule has 31 heavy (non-hydrogen) atoms. The molecule has 7 heteroatoms. The van der Waals surface area contributed by atoms with Gasteiger partial charge in [0, 0.05) is 53.1 Å². The highest BCUT2D eigenvalue weighted by Gasteiger charge is 2.24. The Morgan fingerprint density at radius 3 is 2.81 bits per heavy atom. The van der Waals surface area contributed by atoms with Crippen LogP contribution in [0.3, 0.4) is 0 Å². The maximum Gasteiger partial charge on any atom is 0.337 e. The molecule has 1 aliphatic heterocycles. The van der Waals surface area contributed by atoms with Crippen LogP contribution in [0.2, 0.25) is 5.02 Å². The summed E-state index contributed by atoms with van der Waals surface area (Å²) in [5, 5.41) is 1.65. The first-order valence-corrected chi connectivity index (χ1v) is 10.7. The molecule has 1 aliphatic rings. The van der Waals surface area contributed by atoms with Crippen LogP contribution in [0.5, 0.6) is 5.75 Å². The van der Waals surface area contributed by atoms with Crippen LogP contribution in [-0.4, -0.2) is 42.0 Å². The van der Waals surface area contributed by atoms with E-state index in [4.69, 9.17) is 21.1 Å². The standard InChI is InChI=1S/C24H25ClN2O4/c1-15-12-17(25)6-8-22(15)31-11-3-4-23(28)27-10-9-21-19(14-27)18-13-16(24(29)30-2)5-7-20(18)26-21/h5-8,12-13,26H,3-4,9-11,14H2,1-2H3. The topological polar surface area (TPSA) is 71.6 Å². The van der Waals surface area contributed by atoms with Crippen LogP contribution in [0.1, 0.15) is 40.0 Å². The molecule has 0 aliphatic carbocycles. The zero-order valence-electron chi connectivity index (χ0n) is 17.7. The van der Waals surface area contributed by atoms with E-state index in [1.165, 1.54) is 7.11 Å². The van der Waals surface area contributed by atoms with Gasteiger partial charge >= 0.3 is 5.97 Å². The highest BCUT2D eigenvalue weighted by atomic mass is 35.5. The third-order valence-corrected chi connectivity index (χ3v) is 5.91. The predicted octanol–water partition coefficient (Wildman–Crippen LogP) is 4.66. The second-order valence-corrected chi connectivity index (χ2v) is 8.20. The second-order valence-electron chi connectivity index (χ2n) is 7.76. The molecule has 162 valence electrons. The Bertz CT molecular complexity index is 1140. The minimum absolute atomic E-state index is 0.112. The molecule has 2 aromatic carbocycles. The van der Waals surface area contributed by atoms with Gasteiger partial charge in [0.25, 0.3) is 0 Å². The average Bonchev–Trinajstić information content (AvgIpc) is 3.14. The van der Waals surface area contributed by atoms with Crippen molar-refractivity contribution in [3.63, 3.8) is 0 Å². The molecule has 1 amide bonds. The Kier molecular flexibility index (Phi) is 6.18. The molecular formula is C24H25ClN2O4. The first-order chi connectivity index (χ1) is 15.0. The van der Waals surface area contributed by atoms with Crippen LogP contribution >= 0.6 is 11.6 Å². The predicted molar refractivity (Wildman–Crippen MR) is 120 cm³/mol. The Morgan fingerprint density at radius 1 is 1.19 bits per heavy atom. The molecule has 1 N–H and O–H groups in total. The first kappa shape index (κ1) is 21.2. The summed E-state index contributed by atoms with van der Waals surface area (Å²) in [5.41, 5.74) is 4.66. The Morgan fingerprint density at radius 2 is 2.03 bits per heavy atom. The molecule has 0 spiro atoms. The molecular weight excluding hydrogens is 416 g/mol. The van der Waals surface area contributed by atoms with E-state index in [1.54, 1.807) is 12.1 Å². The van der Waals surface area contributed by atoms with Crippen LogP contribution in [0.25, 0.3) is 10.9 Å². The van der Waals surface area contributed by atoms with Gasteiger partial charge in [-0.05, 0) is 55.3 Å². The summed E-state index contributed by atoms with van der Waals surface area (Å²) in [4.78, 5) is 30.0. The van der Waals surface area contributed by atoms with E-state index in [0.29, 0.717) is 43.1 Å². The summed E-state index contributed by atoms with van der Waals surface area (Å²) < 4.78 is 10.6. The molecule has 0 fully saturated rings. The lowest BCUT2D eigenvalue weighted by molar-refractivity contribution is -0.132. The van der Waals surface area contributed by atoms with Gasteiger partial charge in [-0.25, -0.2) is 4.79 Å². The van der Waals surface area contributed by atoms with Gasteiger partial charge in [0.05, 0.1) is 19.3 Å². The monoisotopic (exact) mass is 440 g/mol. The van der Waals surface area contributed by atoms with Gasteiger partial charge in [0.15, 0.2) is 0 Å². The van der Waals surface area contributed by atoms with Crippen molar-refractivity contribution >= 4 is 34.4 Å². The molecule has 4 rings (SSSR count). The lowest BCUT2D eigenvalue weighted by Gasteiger charge is -2.27. The van der Waals surface area contributed by atoms with Gasteiger partial charge in [-0.3, -0.25) is 4.79 Å². The SMILES string of the molecule is COC(=O)c1ccc2[nH]c3c(c2c1)CN(C(=O)CCCOc1ccc(Cl)cc1C)CC3. The van der Waals surface area contributed by atoms with Gasteiger partial charge in [-0.1, -0.05) is 11.6 Å². The van der Waals surface area contributed by atoms with E-state index < -0.39 is 0 Å². The molecule has 0 radical (unpaired) electrons. The number of amides is 1. The third kappa shape index (κ3) is 4.54. The fraction of sp³-hybridized carbons (Fsp3) is 0.333. The van der Waals surface area contributed by atoms with Crippen LogP contribution in [-0.2, 0) is 22.5 Å². The van der Waals surface area contributed by atoms with Crippen molar-refractivity contribution in [2.45, 2.75) is 32.7 Å². The molecule has 3 aromatic rings. The van der Waals surface area contributed by atoms with E-state index >= 15 is 0 Å². The zero-order valence-corrected chi connectivity index (χ0v) is 18.4. The van der Waals surface area contributed by atoms with E-state index in [9.17, 15) is 9.59 Å². The number of esters is 1. The van der Waals surface area contributed by atoms with Crippen molar-refractivity contribution in [2.24, 2.45) is 0 Å². The van der Waals surface area contributed by atoms with Gasteiger partial charge in [0.1, 0.15) is 5.75 Å². The summed E-state index contributed by atoms with van der Waals surface area (Å²) in [6, 6.07) is 11.0. The smallest absolute Gasteiger partial charge is 0.337 e. The number of nitrogens with one attached hydrogen (secondary N) is 1. The number of fused-ring (bicyclic) bond motifs is 3. The summed E-state index contributed by atoms with van der Waals surface area (Å²) in [6.07, 6.45) is 1.84. The number of rotatable bonds is 6. The van der Waals surface area contributed by atoms with Crippen molar-refractivity contribution in [2.75, 3.05) is 20.3 Å². The maximum absolute atomic E-state index is 12.8. The van der Waals surface area contributed by atoms with Gasteiger partial charge in [0.2, 0.25) is 5.91 Å². The summed E-state index contributed by atoms with van der Waals surface area (Å²) in [7, 11) is 1.37. The summed E-state index contributed by atoms with van der Waals surface area (Å²) >= 11 is 5.97. The number of aromatic nitrogens is 1. The van der Waals surface area contributed by atoms with Crippen molar-refractivity contribution in [3.8, 4) is 5.75 Å². The molecule has 0 unspecified atom stereocenters. The molecule has 1 aromatic heterocycles. The van der Waals surface area contributed by atoms with E-state index in [0.717, 1.165) is 39.9 Å². The number of aromatic amines is 1. The van der Waals surface area contributed by atoms with Gasteiger partial charge < -0.3 is 19.4 Å². The molecule has 0 bridgehead atoms. The molecule has 0 saturated carbocycles. The summed E-state index contributed by atoms with van der Waals surface area (Å²) in [5.74, 6) is 0.539. The highest BCUT2D eigenvalue weighted by molar-refractivity contribution is 6.30. The van der Waals surface area contributed by atoms with Crippen LogP contribution < -0.4 is 4.74 Å². The van der Waals surface area contributed by atoms with E-state index in [1.807, 2.05) is 36.1 Å². The number of carbonyl (C=O) groups is 2. The van der Waals surface area contributed by atoms with Crippen molar-refractivity contribution in [1.82, 2.24) is 9.88 Å². The first-order valence-electron chi connectivity index (χ1n) is 10.3. The van der Waals surface area contributed by atoms with E-state index in [-0.39, 0.29) is 11.9 Å². The number of methoxy groups -OCH3 is 1. The number of ether oxygens (including phenoxy) is 2. The molecule has 0 atom stereocenters. The highest BCUT2D eigenvalue weighted by Crippen LogP contribution is 2.29.